The first-order valence-corrected chi connectivity index (χ1v) is 4.83. The number of nitrogens with zero attached hydrogens (tertiary/aromatic N) is 1. The predicted molar refractivity (Wildman–Crippen MR) is 52.1 cm³/mol. The molecule has 0 aromatic rings. The van der Waals surface area contributed by atoms with Gasteiger partial charge in [-0.15, -0.1) is 0 Å². The Labute approximate surface area is 84.4 Å². The molecule has 0 atom stereocenters. The summed E-state index contributed by atoms with van der Waals surface area (Å²) in [5.74, 6) is 0. The zero-order valence-corrected chi connectivity index (χ0v) is 8.71. The SMILES string of the molecule is CCCCCN([C]=O)NC(=O)OCC. The zero-order chi connectivity index (χ0) is 10.8. The van der Waals surface area contributed by atoms with Gasteiger partial charge < -0.3 is 4.74 Å². The fraction of sp³-hybridized carbons (Fsp3) is 0.778. The Morgan fingerprint density at radius 1 is 1.43 bits per heavy atom. The Morgan fingerprint density at radius 3 is 2.64 bits per heavy atom. The molecule has 0 spiro atoms. The molecule has 0 aliphatic rings. The minimum Gasteiger partial charge on any atom is -0.449 e. The van der Waals surface area contributed by atoms with E-state index in [2.05, 4.69) is 17.1 Å². The summed E-state index contributed by atoms with van der Waals surface area (Å²) in [6, 6.07) is 0. The highest BCUT2D eigenvalue weighted by molar-refractivity contribution is 5.68. The summed E-state index contributed by atoms with van der Waals surface area (Å²) >= 11 is 0. The van der Waals surface area contributed by atoms with E-state index < -0.39 is 6.09 Å². The summed E-state index contributed by atoms with van der Waals surface area (Å²) in [6.45, 7) is 4.52. The van der Waals surface area contributed by atoms with Gasteiger partial charge in [-0.2, -0.15) is 0 Å². The smallest absolute Gasteiger partial charge is 0.426 e. The normalized spacial score (nSPS) is 9.29. The van der Waals surface area contributed by atoms with Gasteiger partial charge in [0.15, 0.2) is 0 Å². The van der Waals surface area contributed by atoms with Crippen molar-refractivity contribution >= 4 is 12.5 Å². The average molecular weight is 201 g/mol. The number of hydrogen-bond donors (Lipinski definition) is 1. The number of amides is 2. The van der Waals surface area contributed by atoms with E-state index >= 15 is 0 Å². The maximum atomic E-state index is 10.9. The molecule has 5 heteroatoms. The molecule has 0 rings (SSSR count). The second-order valence-corrected chi connectivity index (χ2v) is 2.78. The molecule has 1 N–H and O–H groups in total. The van der Waals surface area contributed by atoms with Crippen LogP contribution < -0.4 is 5.43 Å². The van der Waals surface area contributed by atoms with Gasteiger partial charge in [0.05, 0.1) is 6.61 Å². The minimum absolute atomic E-state index is 0.285. The van der Waals surface area contributed by atoms with Crippen molar-refractivity contribution in [2.45, 2.75) is 33.1 Å². The molecule has 14 heavy (non-hydrogen) atoms. The van der Waals surface area contributed by atoms with Crippen molar-refractivity contribution in [1.82, 2.24) is 10.4 Å². The van der Waals surface area contributed by atoms with Crippen LogP contribution in [0.4, 0.5) is 4.79 Å². The Balaban J connectivity index is 3.67. The van der Waals surface area contributed by atoms with E-state index in [1.807, 2.05) is 0 Å². The maximum Gasteiger partial charge on any atom is 0.426 e. The fourth-order valence-electron chi connectivity index (χ4n) is 0.918. The second kappa shape index (κ2) is 8.34. The number of nitrogens with one attached hydrogen (secondary N) is 1. The molecule has 2 amide bonds. The van der Waals surface area contributed by atoms with Crippen LogP contribution in [-0.2, 0) is 9.53 Å². The Morgan fingerprint density at radius 2 is 2.14 bits per heavy atom. The topological polar surface area (TPSA) is 58.6 Å². The van der Waals surface area contributed by atoms with Crippen LogP contribution in [0.2, 0.25) is 0 Å². The van der Waals surface area contributed by atoms with Gasteiger partial charge in [0, 0.05) is 6.54 Å². The number of unbranched alkanes of at least 4 members (excludes halogenated alkanes) is 2. The van der Waals surface area contributed by atoms with Gasteiger partial charge in [0.1, 0.15) is 0 Å². The number of hydrogen-bond acceptors (Lipinski definition) is 3. The van der Waals surface area contributed by atoms with Gasteiger partial charge in [-0.1, -0.05) is 19.8 Å². The first-order chi connectivity index (χ1) is 6.74. The van der Waals surface area contributed by atoms with Crippen molar-refractivity contribution < 1.29 is 14.3 Å². The van der Waals surface area contributed by atoms with Crippen LogP contribution >= 0.6 is 0 Å². The average Bonchev–Trinajstić information content (AvgIpc) is 2.17. The van der Waals surface area contributed by atoms with Gasteiger partial charge in [-0.25, -0.2) is 15.2 Å². The Kier molecular flexibility index (Phi) is 7.59. The molecule has 0 unspecified atom stereocenters. The molecule has 0 fully saturated rings. The lowest BCUT2D eigenvalue weighted by Crippen LogP contribution is -2.42. The van der Waals surface area contributed by atoms with E-state index in [1.54, 1.807) is 13.3 Å². The van der Waals surface area contributed by atoms with Crippen molar-refractivity contribution in [1.29, 1.82) is 0 Å². The van der Waals surface area contributed by atoms with Gasteiger partial charge in [-0.3, -0.25) is 4.79 Å². The van der Waals surface area contributed by atoms with E-state index in [1.165, 1.54) is 0 Å². The van der Waals surface area contributed by atoms with Crippen molar-refractivity contribution in [3.05, 3.63) is 0 Å². The monoisotopic (exact) mass is 201 g/mol. The van der Waals surface area contributed by atoms with Crippen molar-refractivity contribution in [2.75, 3.05) is 13.2 Å². The summed E-state index contributed by atoms with van der Waals surface area (Å²) < 4.78 is 4.61. The van der Waals surface area contributed by atoms with Gasteiger partial charge in [0.2, 0.25) is 0 Å². The van der Waals surface area contributed by atoms with Crippen LogP contribution in [0.25, 0.3) is 0 Å². The summed E-state index contributed by atoms with van der Waals surface area (Å²) in [6.07, 6.45) is 3.93. The van der Waals surface area contributed by atoms with E-state index in [0.717, 1.165) is 24.3 Å². The number of carbonyl (C=O) groups is 1. The minimum atomic E-state index is -0.618. The van der Waals surface area contributed by atoms with Gasteiger partial charge in [-0.05, 0) is 13.3 Å². The highest BCUT2D eigenvalue weighted by Crippen LogP contribution is 1.94. The van der Waals surface area contributed by atoms with Crippen LogP contribution in [-0.4, -0.2) is 30.7 Å². The lowest BCUT2D eigenvalue weighted by molar-refractivity contribution is 0.129. The molecular weight excluding hydrogens is 184 g/mol. The number of rotatable bonds is 7. The standard InChI is InChI=1S/C9H17N2O3/c1-3-5-6-7-11(8-12)10-9(13)14-4-2/h3-7H2,1-2H3,(H,10,13). The highest BCUT2D eigenvalue weighted by Gasteiger charge is 2.07. The highest BCUT2D eigenvalue weighted by atomic mass is 16.6. The van der Waals surface area contributed by atoms with E-state index in [0.29, 0.717) is 6.54 Å². The summed E-state index contributed by atoms with van der Waals surface area (Å²) in [5, 5.41) is 1.08. The van der Waals surface area contributed by atoms with Crippen LogP contribution in [0.5, 0.6) is 0 Å². The molecule has 0 bridgehead atoms. The van der Waals surface area contributed by atoms with Crippen LogP contribution in [0, 0.1) is 0 Å². The first kappa shape index (κ1) is 12.7. The van der Waals surface area contributed by atoms with Gasteiger partial charge in [0.25, 0.3) is 0 Å². The fourth-order valence-corrected chi connectivity index (χ4v) is 0.918. The molecule has 0 heterocycles. The molecule has 0 aliphatic heterocycles. The lowest BCUT2D eigenvalue weighted by atomic mass is 10.2. The third-order valence-corrected chi connectivity index (χ3v) is 1.60. The van der Waals surface area contributed by atoms with Gasteiger partial charge >= 0.3 is 12.5 Å². The largest absolute Gasteiger partial charge is 0.449 e. The lowest BCUT2D eigenvalue weighted by Gasteiger charge is -2.16. The third-order valence-electron chi connectivity index (χ3n) is 1.60. The first-order valence-electron chi connectivity index (χ1n) is 4.83. The van der Waals surface area contributed by atoms with Crippen LogP contribution in [0.1, 0.15) is 33.1 Å². The molecule has 0 aromatic carbocycles. The van der Waals surface area contributed by atoms with E-state index in [9.17, 15) is 9.59 Å². The molecule has 0 aromatic heterocycles. The molecule has 0 saturated heterocycles. The second-order valence-electron chi connectivity index (χ2n) is 2.78. The van der Waals surface area contributed by atoms with Crippen molar-refractivity contribution in [3.63, 3.8) is 0 Å². The van der Waals surface area contributed by atoms with Crippen molar-refractivity contribution in [3.8, 4) is 0 Å². The molecule has 0 saturated carbocycles. The molecule has 5 nitrogen and oxygen atoms in total. The number of hydrazine groups is 1. The third kappa shape index (κ3) is 6.28. The van der Waals surface area contributed by atoms with Crippen LogP contribution in [0.3, 0.4) is 0 Å². The van der Waals surface area contributed by atoms with E-state index in [-0.39, 0.29) is 6.61 Å². The predicted octanol–water partition coefficient (Wildman–Crippen LogP) is 1.21. The summed E-state index contributed by atoms with van der Waals surface area (Å²) in [4.78, 5) is 21.3. The molecule has 0 aliphatic carbocycles. The Bertz CT molecular complexity index is 173. The number of ether oxygens (including phenoxy) is 1. The quantitative estimate of drug-likeness (QED) is 0.382. The van der Waals surface area contributed by atoms with Crippen LogP contribution in [0.15, 0.2) is 0 Å². The maximum absolute atomic E-state index is 10.9. The molecule has 1 radical (unpaired) electrons. The number of carbonyl (C=O) groups excluding carboxylic acids is 2. The Hall–Kier alpha value is -1.26. The molecular formula is C9H17N2O3. The zero-order valence-electron chi connectivity index (χ0n) is 8.71. The summed E-state index contributed by atoms with van der Waals surface area (Å²) in [5.41, 5.74) is 2.28. The summed E-state index contributed by atoms with van der Waals surface area (Å²) in [7, 11) is 0. The molecule has 81 valence electrons. The van der Waals surface area contributed by atoms with Crippen molar-refractivity contribution in [2.24, 2.45) is 0 Å². The van der Waals surface area contributed by atoms with E-state index in [4.69, 9.17) is 0 Å².